The zero-order valence-corrected chi connectivity index (χ0v) is 16.8. The third-order valence-electron chi connectivity index (χ3n) is 4.61. The Morgan fingerprint density at radius 1 is 1.29 bits per heavy atom. The maximum Gasteiger partial charge on any atom is 0.252 e. The Hall–Kier alpha value is -0.870. The molecule has 0 saturated heterocycles. The van der Waals surface area contributed by atoms with Crippen LogP contribution in [0.2, 0.25) is 0 Å². The molecule has 136 valence electrons. The van der Waals surface area contributed by atoms with Crippen molar-refractivity contribution in [3.05, 3.63) is 21.4 Å². The Bertz CT molecular complexity index is 526. The summed E-state index contributed by atoms with van der Waals surface area (Å²) in [6.45, 7) is 15.2. The number of hydrogen-bond donors (Lipinski definition) is 1. The summed E-state index contributed by atoms with van der Waals surface area (Å²) < 4.78 is 0. The Balaban J connectivity index is 1.86. The van der Waals surface area contributed by atoms with Gasteiger partial charge in [-0.3, -0.25) is 4.79 Å². The number of amides is 1. The van der Waals surface area contributed by atoms with Crippen LogP contribution in [0.1, 0.15) is 61.8 Å². The number of fused-ring (bicyclic) bond motifs is 1. The lowest BCUT2D eigenvalue weighted by Crippen LogP contribution is -2.38. The number of hydrogen-bond acceptors (Lipinski definition) is 3. The summed E-state index contributed by atoms with van der Waals surface area (Å²) >= 11 is 1.77. The van der Waals surface area contributed by atoms with E-state index in [1.54, 1.807) is 11.3 Å². The maximum atomic E-state index is 12.6. The van der Waals surface area contributed by atoms with Crippen LogP contribution in [0.4, 0.5) is 0 Å². The third-order valence-corrected chi connectivity index (χ3v) is 5.66. The highest BCUT2D eigenvalue weighted by atomic mass is 32.1. The molecule has 0 fully saturated rings. The van der Waals surface area contributed by atoms with Gasteiger partial charge in [-0.15, -0.1) is 11.3 Å². The van der Waals surface area contributed by atoms with Crippen molar-refractivity contribution in [1.29, 1.82) is 0 Å². The summed E-state index contributed by atoms with van der Waals surface area (Å²) in [6.07, 6.45) is 3.42. The molecule has 0 spiro atoms. The molecule has 0 aromatic carbocycles. The van der Waals surface area contributed by atoms with Crippen molar-refractivity contribution in [3.63, 3.8) is 0 Å². The fraction of sp³-hybridized carbons (Fsp3) is 0.750. The zero-order chi connectivity index (χ0) is 17.7. The molecule has 1 amide bonds. The molecule has 0 saturated carbocycles. The number of nitrogens with one attached hydrogen (secondary N) is 1. The molecule has 1 aromatic heterocycles. The lowest BCUT2D eigenvalue weighted by molar-refractivity contribution is 0.0945. The fourth-order valence-corrected chi connectivity index (χ4v) is 4.82. The number of thiophene rings is 1. The predicted molar refractivity (Wildman–Crippen MR) is 104 cm³/mol. The van der Waals surface area contributed by atoms with Crippen molar-refractivity contribution >= 4 is 17.2 Å². The molecule has 1 N–H and O–H groups in total. The fourth-order valence-electron chi connectivity index (χ4n) is 3.58. The van der Waals surface area contributed by atoms with Crippen molar-refractivity contribution in [2.45, 2.75) is 53.9 Å². The van der Waals surface area contributed by atoms with E-state index in [0.29, 0.717) is 11.8 Å². The van der Waals surface area contributed by atoms with Gasteiger partial charge in [0.1, 0.15) is 0 Å². The lowest BCUT2D eigenvalue weighted by atomic mass is 9.88. The van der Waals surface area contributed by atoms with Gasteiger partial charge in [0.25, 0.3) is 5.91 Å². The van der Waals surface area contributed by atoms with Gasteiger partial charge in [-0.2, -0.15) is 0 Å². The second-order valence-electron chi connectivity index (χ2n) is 8.20. The SMILES string of the molecule is CC(C)CN(CCNC(=O)c1csc2c1CCC(C)C2)CC(C)C. The van der Waals surface area contributed by atoms with Gasteiger partial charge >= 0.3 is 0 Å². The van der Waals surface area contributed by atoms with Gasteiger partial charge in [0.05, 0.1) is 5.56 Å². The average molecular weight is 351 g/mol. The minimum absolute atomic E-state index is 0.121. The molecule has 1 aliphatic rings. The van der Waals surface area contributed by atoms with Gasteiger partial charge in [-0.05, 0) is 42.6 Å². The van der Waals surface area contributed by atoms with E-state index in [2.05, 4.69) is 50.2 Å². The van der Waals surface area contributed by atoms with Crippen LogP contribution in [-0.2, 0) is 12.8 Å². The van der Waals surface area contributed by atoms with Crippen molar-refractivity contribution in [2.75, 3.05) is 26.2 Å². The normalized spacial score (nSPS) is 17.6. The molecule has 0 aliphatic heterocycles. The summed E-state index contributed by atoms with van der Waals surface area (Å²) in [7, 11) is 0. The number of nitrogens with zero attached hydrogens (tertiary/aromatic N) is 1. The van der Waals surface area contributed by atoms with E-state index in [9.17, 15) is 4.79 Å². The van der Waals surface area contributed by atoms with Crippen molar-refractivity contribution in [3.8, 4) is 0 Å². The van der Waals surface area contributed by atoms with Crippen LogP contribution in [0.15, 0.2) is 5.38 Å². The van der Waals surface area contributed by atoms with Gasteiger partial charge in [0.2, 0.25) is 0 Å². The molecular formula is C20H34N2OS. The first-order valence-electron chi connectivity index (χ1n) is 9.46. The molecule has 1 aliphatic carbocycles. The van der Waals surface area contributed by atoms with Gasteiger partial charge in [0, 0.05) is 36.4 Å². The first-order chi connectivity index (χ1) is 11.4. The topological polar surface area (TPSA) is 32.3 Å². The van der Waals surface area contributed by atoms with E-state index >= 15 is 0 Å². The van der Waals surface area contributed by atoms with Crippen LogP contribution in [0.5, 0.6) is 0 Å². The summed E-state index contributed by atoms with van der Waals surface area (Å²) in [4.78, 5) is 16.5. The summed E-state index contributed by atoms with van der Waals surface area (Å²) in [6, 6.07) is 0. The van der Waals surface area contributed by atoms with Crippen LogP contribution in [0.3, 0.4) is 0 Å². The Morgan fingerprint density at radius 2 is 1.96 bits per heavy atom. The Morgan fingerprint density at radius 3 is 2.58 bits per heavy atom. The second kappa shape index (κ2) is 9.00. The maximum absolute atomic E-state index is 12.6. The molecule has 24 heavy (non-hydrogen) atoms. The van der Waals surface area contributed by atoms with E-state index in [0.717, 1.165) is 50.5 Å². The van der Waals surface area contributed by atoms with E-state index in [-0.39, 0.29) is 5.91 Å². The third kappa shape index (κ3) is 5.59. The van der Waals surface area contributed by atoms with Crippen molar-refractivity contribution < 1.29 is 4.79 Å². The lowest BCUT2D eigenvalue weighted by Gasteiger charge is -2.26. The predicted octanol–water partition coefficient (Wildman–Crippen LogP) is 4.22. The molecule has 1 unspecified atom stereocenters. The van der Waals surface area contributed by atoms with Gasteiger partial charge < -0.3 is 10.2 Å². The van der Waals surface area contributed by atoms with Gasteiger partial charge in [-0.1, -0.05) is 34.6 Å². The summed E-state index contributed by atoms with van der Waals surface area (Å²) in [5, 5.41) is 5.22. The highest BCUT2D eigenvalue weighted by Gasteiger charge is 2.23. The van der Waals surface area contributed by atoms with E-state index in [1.807, 2.05) is 0 Å². The quantitative estimate of drug-likeness (QED) is 0.761. The molecule has 1 aromatic rings. The Kier molecular flexibility index (Phi) is 7.30. The highest BCUT2D eigenvalue weighted by molar-refractivity contribution is 7.10. The Labute approximate surface area is 151 Å². The van der Waals surface area contributed by atoms with Crippen LogP contribution in [0.25, 0.3) is 0 Å². The molecule has 0 bridgehead atoms. The summed E-state index contributed by atoms with van der Waals surface area (Å²) in [5.74, 6) is 2.19. The number of carbonyl (C=O) groups is 1. The molecule has 4 heteroatoms. The van der Waals surface area contributed by atoms with Crippen molar-refractivity contribution in [2.24, 2.45) is 17.8 Å². The highest BCUT2D eigenvalue weighted by Crippen LogP contribution is 2.32. The molecule has 0 radical (unpaired) electrons. The van der Waals surface area contributed by atoms with Crippen LogP contribution >= 0.6 is 11.3 Å². The van der Waals surface area contributed by atoms with E-state index in [1.165, 1.54) is 16.9 Å². The molecule has 3 nitrogen and oxygen atoms in total. The molecule has 1 heterocycles. The van der Waals surface area contributed by atoms with E-state index < -0.39 is 0 Å². The molecule has 2 rings (SSSR count). The smallest absolute Gasteiger partial charge is 0.252 e. The average Bonchev–Trinajstić information content (AvgIpc) is 2.88. The molecule has 1 atom stereocenters. The first-order valence-corrected chi connectivity index (χ1v) is 10.3. The van der Waals surface area contributed by atoms with Crippen LogP contribution < -0.4 is 5.32 Å². The number of rotatable bonds is 8. The number of carbonyl (C=O) groups excluding carboxylic acids is 1. The minimum Gasteiger partial charge on any atom is -0.351 e. The summed E-state index contributed by atoms with van der Waals surface area (Å²) in [5.41, 5.74) is 2.25. The van der Waals surface area contributed by atoms with Crippen LogP contribution in [-0.4, -0.2) is 37.0 Å². The van der Waals surface area contributed by atoms with Crippen molar-refractivity contribution in [1.82, 2.24) is 10.2 Å². The largest absolute Gasteiger partial charge is 0.351 e. The zero-order valence-electron chi connectivity index (χ0n) is 16.0. The monoisotopic (exact) mass is 350 g/mol. The van der Waals surface area contributed by atoms with Gasteiger partial charge in [-0.25, -0.2) is 0 Å². The standard InChI is InChI=1S/C20H34N2OS/c1-14(2)11-22(12-15(3)4)9-8-21-20(23)18-13-24-19-10-16(5)6-7-17(18)19/h13-16H,6-12H2,1-5H3,(H,21,23). The first kappa shape index (κ1) is 19.5. The van der Waals surface area contributed by atoms with Gasteiger partial charge in [0.15, 0.2) is 0 Å². The minimum atomic E-state index is 0.121. The second-order valence-corrected chi connectivity index (χ2v) is 9.17. The van der Waals surface area contributed by atoms with E-state index in [4.69, 9.17) is 0 Å². The van der Waals surface area contributed by atoms with Crippen LogP contribution in [0, 0.1) is 17.8 Å². The molecular weight excluding hydrogens is 316 g/mol.